The molecule has 0 fully saturated rings. The molecule has 0 atom stereocenters. The first-order chi connectivity index (χ1) is 12.0. The second-order valence-electron chi connectivity index (χ2n) is 5.05. The fourth-order valence-electron chi connectivity index (χ4n) is 1.87. The summed E-state index contributed by atoms with van der Waals surface area (Å²) >= 11 is 5.95. The molecular formula is C18H16ClN3O3. The van der Waals surface area contributed by atoms with E-state index in [9.17, 15) is 14.4 Å². The van der Waals surface area contributed by atoms with E-state index in [1.54, 1.807) is 31.2 Å². The van der Waals surface area contributed by atoms with Crippen molar-refractivity contribution in [1.29, 1.82) is 0 Å². The summed E-state index contributed by atoms with van der Waals surface area (Å²) in [6.45, 7) is 1.71. The molecule has 7 heteroatoms. The van der Waals surface area contributed by atoms with Crippen LogP contribution in [-0.2, 0) is 14.4 Å². The van der Waals surface area contributed by atoms with Crippen LogP contribution in [0.1, 0.15) is 11.1 Å². The summed E-state index contributed by atoms with van der Waals surface area (Å²) in [5.74, 6) is -2.48. The Morgan fingerprint density at radius 3 is 2.36 bits per heavy atom. The third-order valence-electron chi connectivity index (χ3n) is 3.25. The maximum Gasteiger partial charge on any atom is 0.328 e. The fraction of sp³-hybridized carbons (Fsp3) is 0.0556. The molecule has 0 spiro atoms. The summed E-state index contributed by atoms with van der Waals surface area (Å²) in [6.07, 6.45) is 2.82. The highest BCUT2D eigenvalue weighted by molar-refractivity contribution is 6.40. The first kappa shape index (κ1) is 18.2. The minimum absolute atomic E-state index is 0.419. The SMILES string of the molecule is Cc1c(Cl)cccc1NC(=O)C(=O)NNC(=O)/C=C\c1ccccc1. The van der Waals surface area contributed by atoms with Gasteiger partial charge in [0, 0.05) is 16.8 Å². The van der Waals surface area contributed by atoms with Gasteiger partial charge in [-0.15, -0.1) is 0 Å². The zero-order chi connectivity index (χ0) is 18.2. The predicted molar refractivity (Wildman–Crippen MR) is 96.6 cm³/mol. The number of benzene rings is 2. The van der Waals surface area contributed by atoms with Crippen LogP contribution in [-0.4, -0.2) is 17.7 Å². The monoisotopic (exact) mass is 357 g/mol. The molecule has 25 heavy (non-hydrogen) atoms. The van der Waals surface area contributed by atoms with Gasteiger partial charge in [0.05, 0.1) is 0 Å². The summed E-state index contributed by atoms with van der Waals surface area (Å²) < 4.78 is 0. The fourth-order valence-corrected chi connectivity index (χ4v) is 2.05. The minimum atomic E-state index is -0.999. The molecule has 3 amide bonds. The summed E-state index contributed by atoms with van der Waals surface area (Å²) in [5.41, 5.74) is 6.06. The molecule has 0 radical (unpaired) electrons. The molecule has 2 aromatic carbocycles. The van der Waals surface area contributed by atoms with Gasteiger partial charge in [-0.05, 0) is 36.3 Å². The summed E-state index contributed by atoms with van der Waals surface area (Å²) in [5, 5.41) is 2.90. The average Bonchev–Trinajstić information content (AvgIpc) is 2.62. The Kier molecular flexibility index (Phi) is 6.31. The predicted octanol–water partition coefficient (Wildman–Crippen LogP) is 2.45. The summed E-state index contributed by atoms with van der Waals surface area (Å²) in [7, 11) is 0. The van der Waals surface area contributed by atoms with Gasteiger partial charge in [-0.3, -0.25) is 25.2 Å². The van der Waals surface area contributed by atoms with Gasteiger partial charge in [-0.25, -0.2) is 0 Å². The Hall–Kier alpha value is -3.12. The van der Waals surface area contributed by atoms with E-state index in [0.29, 0.717) is 16.3 Å². The molecule has 0 saturated heterocycles. The van der Waals surface area contributed by atoms with Gasteiger partial charge >= 0.3 is 11.8 Å². The molecule has 0 unspecified atom stereocenters. The number of rotatable bonds is 3. The Morgan fingerprint density at radius 1 is 0.920 bits per heavy atom. The highest BCUT2D eigenvalue weighted by Crippen LogP contribution is 2.22. The number of halogens is 1. The van der Waals surface area contributed by atoms with E-state index in [4.69, 9.17) is 11.6 Å². The number of hydrogen-bond acceptors (Lipinski definition) is 3. The molecule has 2 rings (SSSR count). The van der Waals surface area contributed by atoms with Gasteiger partial charge in [0.25, 0.3) is 5.91 Å². The van der Waals surface area contributed by atoms with Gasteiger partial charge in [-0.1, -0.05) is 48.0 Å². The topological polar surface area (TPSA) is 87.3 Å². The van der Waals surface area contributed by atoms with E-state index >= 15 is 0 Å². The quantitative estimate of drug-likeness (QED) is 0.448. The normalized spacial score (nSPS) is 10.3. The number of hydrogen-bond donors (Lipinski definition) is 3. The van der Waals surface area contributed by atoms with E-state index in [0.717, 1.165) is 5.56 Å². The van der Waals surface area contributed by atoms with Crippen molar-refractivity contribution in [3.05, 3.63) is 70.8 Å². The Balaban J connectivity index is 1.85. The second kappa shape index (κ2) is 8.65. The molecule has 0 aliphatic rings. The zero-order valence-corrected chi connectivity index (χ0v) is 14.1. The molecule has 0 saturated carbocycles. The van der Waals surface area contributed by atoms with E-state index in [2.05, 4.69) is 10.7 Å². The van der Waals surface area contributed by atoms with Gasteiger partial charge in [0.15, 0.2) is 0 Å². The first-order valence-corrected chi connectivity index (χ1v) is 7.74. The molecule has 0 aliphatic heterocycles. The maximum atomic E-state index is 11.8. The standard InChI is InChI=1S/C18H16ClN3O3/c1-12-14(19)8-5-9-15(12)20-17(24)18(25)22-21-16(23)11-10-13-6-3-2-4-7-13/h2-11H,1H3,(H,20,24)(H,21,23)(H,22,25)/b11-10-. The Labute approximate surface area is 149 Å². The molecule has 128 valence electrons. The number of carbonyl (C=O) groups is 3. The van der Waals surface area contributed by atoms with Crippen LogP contribution in [0.4, 0.5) is 5.69 Å². The van der Waals surface area contributed by atoms with Gasteiger partial charge < -0.3 is 5.32 Å². The molecule has 2 aromatic rings. The lowest BCUT2D eigenvalue weighted by molar-refractivity contribution is -0.137. The molecule has 0 aromatic heterocycles. The van der Waals surface area contributed by atoms with Crippen molar-refractivity contribution in [2.75, 3.05) is 5.32 Å². The number of amides is 3. The lowest BCUT2D eigenvalue weighted by Gasteiger charge is -2.09. The van der Waals surface area contributed by atoms with Gasteiger partial charge in [-0.2, -0.15) is 0 Å². The Bertz CT molecular complexity index is 820. The van der Waals surface area contributed by atoms with Crippen molar-refractivity contribution in [2.24, 2.45) is 0 Å². The molecular weight excluding hydrogens is 342 g/mol. The van der Waals surface area contributed by atoms with Crippen LogP contribution in [0.15, 0.2) is 54.6 Å². The first-order valence-electron chi connectivity index (χ1n) is 7.37. The van der Waals surface area contributed by atoms with E-state index < -0.39 is 17.7 Å². The molecule has 0 aliphatic carbocycles. The van der Waals surface area contributed by atoms with Crippen molar-refractivity contribution in [3.8, 4) is 0 Å². The van der Waals surface area contributed by atoms with Crippen LogP contribution >= 0.6 is 11.6 Å². The van der Waals surface area contributed by atoms with Crippen molar-refractivity contribution in [1.82, 2.24) is 10.9 Å². The minimum Gasteiger partial charge on any atom is -0.317 e. The number of anilines is 1. The maximum absolute atomic E-state index is 11.8. The van der Waals surface area contributed by atoms with Crippen LogP contribution < -0.4 is 16.2 Å². The second-order valence-corrected chi connectivity index (χ2v) is 5.46. The lowest BCUT2D eigenvalue weighted by Crippen LogP contribution is -2.46. The van der Waals surface area contributed by atoms with Crippen molar-refractivity contribution >= 4 is 41.1 Å². The lowest BCUT2D eigenvalue weighted by atomic mass is 10.2. The number of carbonyl (C=O) groups excluding carboxylic acids is 3. The average molecular weight is 358 g/mol. The van der Waals surface area contributed by atoms with Gasteiger partial charge in [0.2, 0.25) is 0 Å². The Morgan fingerprint density at radius 2 is 1.64 bits per heavy atom. The molecule has 0 bridgehead atoms. The molecule has 0 heterocycles. The van der Waals surface area contributed by atoms with E-state index in [1.807, 2.05) is 35.8 Å². The summed E-state index contributed by atoms with van der Waals surface area (Å²) in [4.78, 5) is 35.2. The van der Waals surface area contributed by atoms with Crippen molar-refractivity contribution in [2.45, 2.75) is 6.92 Å². The third-order valence-corrected chi connectivity index (χ3v) is 3.66. The van der Waals surface area contributed by atoms with E-state index in [-0.39, 0.29) is 0 Å². The van der Waals surface area contributed by atoms with Crippen LogP contribution in [0, 0.1) is 6.92 Å². The van der Waals surface area contributed by atoms with Crippen molar-refractivity contribution < 1.29 is 14.4 Å². The number of hydrazine groups is 1. The molecule has 3 N–H and O–H groups in total. The number of nitrogens with one attached hydrogen (secondary N) is 3. The zero-order valence-electron chi connectivity index (χ0n) is 13.4. The van der Waals surface area contributed by atoms with Crippen LogP contribution in [0.2, 0.25) is 5.02 Å². The molecule has 6 nitrogen and oxygen atoms in total. The van der Waals surface area contributed by atoms with Crippen LogP contribution in [0.25, 0.3) is 6.08 Å². The van der Waals surface area contributed by atoms with Gasteiger partial charge in [0.1, 0.15) is 0 Å². The third kappa shape index (κ3) is 5.47. The van der Waals surface area contributed by atoms with Crippen LogP contribution in [0.3, 0.4) is 0 Å². The smallest absolute Gasteiger partial charge is 0.317 e. The highest BCUT2D eigenvalue weighted by atomic mass is 35.5. The summed E-state index contributed by atoms with van der Waals surface area (Å²) in [6, 6.07) is 14.1. The van der Waals surface area contributed by atoms with E-state index in [1.165, 1.54) is 6.08 Å². The highest BCUT2D eigenvalue weighted by Gasteiger charge is 2.15. The van der Waals surface area contributed by atoms with Crippen LogP contribution in [0.5, 0.6) is 0 Å². The van der Waals surface area contributed by atoms with Crippen molar-refractivity contribution in [3.63, 3.8) is 0 Å². The largest absolute Gasteiger partial charge is 0.328 e.